The van der Waals surface area contributed by atoms with E-state index < -0.39 is 0 Å². The third-order valence-corrected chi connectivity index (χ3v) is 4.58. The van der Waals surface area contributed by atoms with Gasteiger partial charge in [0.2, 0.25) is 0 Å². The van der Waals surface area contributed by atoms with Gasteiger partial charge in [-0.1, -0.05) is 32.0 Å². The number of rotatable bonds is 7. The van der Waals surface area contributed by atoms with Crippen molar-refractivity contribution in [2.24, 2.45) is 0 Å². The lowest BCUT2D eigenvalue weighted by Crippen LogP contribution is -3.14. The fourth-order valence-electron chi connectivity index (χ4n) is 3.07. The summed E-state index contributed by atoms with van der Waals surface area (Å²) in [7, 11) is 0. The monoisotopic (exact) mass is 292 g/mol. The molecule has 3 heteroatoms. The lowest BCUT2D eigenvalue weighted by Gasteiger charge is -2.26. The first-order chi connectivity index (χ1) is 10.2. The third-order valence-electron chi connectivity index (χ3n) is 4.58. The van der Waals surface area contributed by atoms with E-state index in [1.54, 1.807) is 0 Å². The second-order valence-corrected chi connectivity index (χ2v) is 6.33. The Morgan fingerprint density at radius 3 is 2.62 bits per heavy atom. The van der Waals surface area contributed by atoms with Gasteiger partial charge in [0.1, 0.15) is 25.0 Å². The molecule has 3 nitrogen and oxygen atoms in total. The molecule has 1 saturated heterocycles. The molecule has 0 aliphatic carbocycles. The zero-order valence-corrected chi connectivity index (χ0v) is 13.5. The van der Waals surface area contributed by atoms with Crippen LogP contribution in [-0.4, -0.2) is 37.5 Å². The number of ether oxygens (including phenoxy) is 1. The molecule has 1 aromatic rings. The molecule has 1 aliphatic heterocycles. The first-order valence-corrected chi connectivity index (χ1v) is 8.44. The Morgan fingerprint density at radius 1 is 1.19 bits per heavy atom. The van der Waals surface area contributed by atoms with E-state index >= 15 is 0 Å². The van der Waals surface area contributed by atoms with Gasteiger partial charge in [-0.15, -0.1) is 0 Å². The van der Waals surface area contributed by atoms with Crippen LogP contribution >= 0.6 is 0 Å². The van der Waals surface area contributed by atoms with Crippen LogP contribution in [0.2, 0.25) is 0 Å². The SMILES string of the molecule is CC[C@H](C)c1ccccc1OC[C@H](O)C[NH+]1CCCCC1. The van der Waals surface area contributed by atoms with Crippen molar-refractivity contribution in [1.82, 2.24) is 0 Å². The standard InChI is InChI=1S/C18H29NO2/c1-3-15(2)17-9-5-6-10-18(17)21-14-16(20)13-19-11-7-4-8-12-19/h5-6,9-10,15-16,20H,3-4,7-8,11-14H2,1-2H3/p+1/t15-,16+/m0/s1. The van der Waals surface area contributed by atoms with Crippen LogP contribution in [0.3, 0.4) is 0 Å². The van der Waals surface area contributed by atoms with E-state index in [1.807, 2.05) is 12.1 Å². The van der Waals surface area contributed by atoms with Crippen molar-refractivity contribution in [2.45, 2.75) is 51.6 Å². The topological polar surface area (TPSA) is 33.9 Å². The summed E-state index contributed by atoms with van der Waals surface area (Å²) in [6, 6.07) is 8.21. The van der Waals surface area contributed by atoms with E-state index in [0.29, 0.717) is 12.5 Å². The Morgan fingerprint density at radius 2 is 1.90 bits per heavy atom. The average Bonchev–Trinajstić information content (AvgIpc) is 2.53. The minimum absolute atomic E-state index is 0.372. The molecule has 2 rings (SSSR count). The number of aliphatic hydroxyl groups excluding tert-OH is 1. The molecule has 0 amide bonds. The molecule has 1 heterocycles. The lowest BCUT2D eigenvalue weighted by atomic mass is 9.98. The number of nitrogens with one attached hydrogen (secondary N) is 1. The molecule has 0 unspecified atom stereocenters. The minimum atomic E-state index is -0.372. The fourth-order valence-corrected chi connectivity index (χ4v) is 3.07. The normalized spacial score (nSPS) is 19.2. The molecule has 1 aromatic carbocycles. The summed E-state index contributed by atoms with van der Waals surface area (Å²) in [6.07, 6.45) is 4.65. The zero-order valence-electron chi connectivity index (χ0n) is 13.5. The number of likely N-dealkylation sites (tertiary alicyclic amines) is 1. The maximum absolute atomic E-state index is 10.2. The highest BCUT2D eigenvalue weighted by molar-refractivity contribution is 5.35. The summed E-state index contributed by atoms with van der Waals surface area (Å²) in [5, 5.41) is 10.2. The van der Waals surface area contributed by atoms with Gasteiger partial charge in [0.05, 0.1) is 13.1 Å². The molecule has 0 aromatic heterocycles. The number of quaternary nitrogens is 1. The summed E-state index contributed by atoms with van der Waals surface area (Å²) in [5.74, 6) is 1.42. The van der Waals surface area contributed by atoms with Gasteiger partial charge >= 0.3 is 0 Å². The molecule has 1 aliphatic rings. The van der Waals surface area contributed by atoms with Crippen molar-refractivity contribution in [3.63, 3.8) is 0 Å². The molecule has 0 saturated carbocycles. The van der Waals surface area contributed by atoms with Gasteiger partial charge < -0.3 is 14.7 Å². The van der Waals surface area contributed by atoms with Crippen molar-refractivity contribution >= 4 is 0 Å². The van der Waals surface area contributed by atoms with Crippen LogP contribution in [0.25, 0.3) is 0 Å². The van der Waals surface area contributed by atoms with Crippen LogP contribution in [-0.2, 0) is 0 Å². The smallest absolute Gasteiger partial charge is 0.137 e. The van der Waals surface area contributed by atoms with Gasteiger partial charge in [-0.3, -0.25) is 0 Å². The Hall–Kier alpha value is -1.06. The molecular formula is C18H30NO2+. The Kier molecular flexibility index (Phi) is 6.52. The number of aliphatic hydroxyl groups is 1. The minimum Gasteiger partial charge on any atom is -0.490 e. The van der Waals surface area contributed by atoms with Crippen molar-refractivity contribution < 1.29 is 14.7 Å². The largest absolute Gasteiger partial charge is 0.490 e. The second-order valence-electron chi connectivity index (χ2n) is 6.33. The highest BCUT2D eigenvalue weighted by atomic mass is 16.5. The summed E-state index contributed by atoms with van der Waals surface area (Å²) in [6.45, 7) is 8.01. The third kappa shape index (κ3) is 5.01. The number of para-hydroxylation sites is 1. The second kappa shape index (κ2) is 8.40. The van der Waals surface area contributed by atoms with E-state index in [9.17, 15) is 5.11 Å². The zero-order chi connectivity index (χ0) is 15.1. The molecule has 2 atom stereocenters. The van der Waals surface area contributed by atoms with Gasteiger partial charge in [0, 0.05) is 0 Å². The molecule has 21 heavy (non-hydrogen) atoms. The number of hydrogen-bond donors (Lipinski definition) is 2. The molecular weight excluding hydrogens is 262 g/mol. The van der Waals surface area contributed by atoms with E-state index in [2.05, 4.69) is 26.0 Å². The highest BCUT2D eigenvalue weighted by Gasteiger charge is 2.19. The Labute approximate surface area is 128 Å². The van der Waals surface area contributed by atoms with E-state index in [1.165, 1.54) is 42.8 Å². The van der Waals surface area contributed by atoms with Crippen molar-refractivity contribution in [1.29, 1.82) is 0 Å². The fraction of sp³-hybridized carbons (Fsp3) is 0.667. The van der Waals surface area contributed by atoms with Gasteiger partial charge in [-0.05, 0) is 43.2 Å². The number of benzene rings is 1. The summed E-state index contributed by atoms with van der Waals surface area (Å²) in [5.41, 5.74) is 1.25. The first kappa shape index (κ1) is 16.3. The van der Waals surface area contributed by atoms with E-state index in [0.717, 1.165) is 18.7 Å². The summed E-state index contributed by atoms with van der Waals surface area (Å²) >= 11 is 0. The van der Waals surface area contributed by atoms with Crippen LogP contribution in [0, 0.1) is 0 Å². The molecule has 2 N–H and O–H groups in total. The van der Waals surface area contributed by atoms with Crippen LogP contribution in [0.5, 0.6) is 5.75 Å². The van der Waals surface area contributed by atoms with Crippen molar-refractivity contribution in [3.8, 4) is 5.75 Å². The van der Waals surface area contributed by atoms with Gasteiger partial charge in [-0.2, -0.15) is 0 Å². The first-order valence-electron chi connectivity index (χ1n) is 8.44. The molecule has 0 radical (unpaired) electrons. The van der Waals surface area contributed by atoms with Gasteiger partial charge in [0.15, 0.2) is 0 Å². The lowest BCUT2D eigenvalue weighted by molar-refractivity contribution is -0.908. The molecule has 118 valence electrons. The molecule has 0 bridgehead atoms. The van der Waals surface area contributed by atoms with Crippen LogP contribution < -0.4 is 9.64 Å². The highest BCUT2D eigenvalue weighted by Crippen LogP contribution is 2.28. The maximum atomic E-state index is 10.2. The molecule has 1 fully saturated rings. The Balaban J connectivity index is 1.84. The Bertz CT molecular complexity index is 415. The molecule has 0 spiro atoms. The van der Waals surface area contributed by atoms with Crippen molar-refractivity contribution in [3.05, 3.63) is 29.8 Å². The van der Waals surface area contributed by atoms with Crippen LogP contribution in [0.4, 0.5) is 0 Å². The number of hydrogen-bond acceptors (Lipinski definition) is 2. The van der Waals surface area contributed by atoms with E-state index in [4.69, 9.17) is 4.74 Å². The summed E-state index contributed by atoms with van der Waals surface area (Å²) < 4.78 is 5.90. The van der Waals surface area contributed by atoms with Gasteiger partial charge in [0.25, 0.3) is 0 Å². The predicted molar refractivity (Wildman–Crippen MR) is 86.1 cm³/mol. The van der Waals surface area contributed by atoms with E-state index in [-0.39, 0.29) is 6.10 Å². The number of piperidine rings is 1. The quantitative estimate of drug-likeness (QED) is 0.806. The van der Waals surface area contributed by atoms with Crippen molar-refractivity contribution in [2.75, 3.05) is 26.2 Å². The van der Waals surface area contributed by atoms with Gasteiger partial charge in [-0.25, -0.2) is 0 Å². The summed E-state index contributed by atoms with van der Waals surface area (Å²) in [4.78, 5) is 1.52. The maximum Gasteiger partial charge on any atom is 0.137 e. The average molecular weight is 292 g/mol. The predicted octanol–water partition coefficient (Wildman–Crippen LogP) is 2.01. The van der Waals surface area contributed by atoms with Crippen LogP contribution in [0.15, 0.2) is 24.3 Å². The van der Waals surface area contributed by atoms with Crippen LogP contribution in [0.1, 0.15) is 51.0 Å².